The van der Waals surface area contributed by atoms with Gasteiger partial charge in [-0.25, -0.2) is 14.4 Å². The van der Waals surface area contributed by atoms with Crippen molar-refractivity contribution in [2.24, 2.45) is 0 Å². The number of nitro benzene ring substituents is 1. The number of Topliss-reactive ketones (excluding diaryl/α,β-unsaturated/α-hetero) is 1. The second-order valence-corrected chi connectivity index (χ2v) is 7.36. The smallest absolute Gasteiger partial charge is 0.411 e. The maximum atomic E-state index is 12.4. The zero-order valence-electron chi connectivity index (χ0n) is 18.1. The minimum absolute atomic E-state index is 0.000307. The van der Waals surface area contributed by atoms with Crippen molar-refractivity contribution >= 4 is 35.3 Å². The van der Waals surface area contributed by atoms with Gasteiger partial charge in [0.2, 0.25) is 5.78 Å². The molecule has 0 bridgehead atoms. The van der Waals surface area contributed by atoms with Crippen LogP contribution in [0.1, 0.15) is 37.6 Å². The Labute approximate surface area is 184 Å². The summed E-state index contributed by atoms with van der Waals surface area (Å²) in [5.74, 6) is -1.81. The van der Waals surface area contributed by atoms with Crippen molar-refractivity contribution in [3.8, 4) is 0 Å². The molecule has 0 saturated heterocycles. The summed E-state index contributed by atoms with van der Waals surface area (Å²) in [6, 6.07) is 2.16. The van der Waals surface area contributed by atoms with Crippen molar-refractivity contribution in [3.05, 3.63) is 46.5 Å². The third-order valence-electron chi connectivity index (χ3n) is 3.65. The molecule has 0 aliphatic carbocycles. The highest BCUT2D eigenvalue weighted by molar-refractivity contribution is 6.02. The molecule has 0 aromatic heterocycles. The van der Waals surface area contributed by atoms with E-state index in [9.17, 15) is 29.3 Å². The van der Waals surface area contributed by atoms with Gasteiger partial charge >= 0.3 is 18.2 Å². The molecule has 0 spiro atoms. The number of carbonyl (C=O) groups is 4. The summed E-state index contributed by atoms with van der Waals surface area (Å²) in [5, 5.41) is 15.9. The van der Waals surface area contributed by atoms with E-state index in [-0.39, 0.29) is 17.7 Å². The van der Waals surface area contributed by atoms with Crippen LogP contribution in [-0.4, -0.2) is 54.2 Å². The van der Waals surface area contributed by atoms with Crippen LogP contribution in [0.5, 0.6) is 0 Å². The molecule has 0 saturated carbocycles. The molecule has 0 aliphatic rings. The number of methoxy groups -OCH3 is 1. The Morgan fingerprint density at radius 2 is 1.88 bits per heavy atom. The van der Waals surface area contributed by atoms with Crippen molar-refractivity contribution in [2.75, 3.05) is 19.0 Å². The fourth-order valence-corrected chi connectivity index (χ4v) is 2.31. The average molecular weight is 451 g/mol. The van der Waals surface area contributed by atoms with Crippen molar-refractivity contribution in [3.63, 3.8) is 0 Å². The lowest BCUT2D eigenvalue weighted by atomic mass is 10.1. The number of nitro groups is 1. The molecule has 0 radical (unpaired) electrons. The fourth-order valence-electron chi connectivity index (χ4n) is 2.31. The third kappa shape index (κ3) is 8.42. The van der Waals surface area contributed by atoms with Gasteiger partial charge in [0.15, 0.2) is 6.61 Å². The first-order valence-electron chi connectivity index (χ1n) is 9.31. The molecule has 12 nitrogen and oxygen atoms in total. The maximum Gasteiger partial charge on any atom is 0.411 e. The van der Waals surface area contributed by atoms with Gasteiger partial charge in [-0.3, -0.25) is 20.2 Å². The normalized spacial score (nSPS) is 11.5. The lowest BCUT2D eigenvalue weighted by Crippen LogP contribution is -2.44. The van der Waals surface area contributed by atoms with Gasteiger partial charge in [-0.1, -0.05) is 6.08 Å². The quantitative estimate of drug-likeness (QED) is 0.143. The first kappa shape index (κ1) is 26.1. The molecular formula is C20H25N3O9. The second kappa shape index (κ2) is 11.4. The molecule has 0 heterocycles. The number of carbonyl (C=O) groups excluding carboxylic acids is 4. The highest BCUT2D eigenvalue weighted by atomic mass is 16.6. The van der Waals surface area contributed by atoms with Crippen LogP contribution < -0.4 is 10.6 Å². The Kier molecular flexibility index (Phi) is 9.32. The molecule has 1 atom stereocenters. The summed E-state index contributed by atoms with van der Waals surface area (Å²) in [7, 11) is 1.12. The van der Waals surface area contributed by atoms with Gasteiger partial charge in [0.25, 0.3) is 5.69 Å². The number of ketones is 1. The zero-order chi connectivity index (χ0) is 24.5. The van der Waals surface area contributed by atoms with Crippen LogP contribution in [-0.2, 0) is 19.0 Å². The molecule has 0 aliphatic heterocycles. The largest absolute Gasteiger partial charge is 0.456 e. The lowest BCUT2D eigenvalue weighted by Gasteiger charge is -2.22. The SMILES string of the molecule is C=CCC(NC(=O)OC(C)(C)C)C(=O)OCC(=O)c1ccc(NC(=O)OC)cc1[N+](=O)[O-]. The molecule has 0 fully saturated rings. The summed E-state index contributed by atoms with van der Waals surface area (Å²) in [6.45, 7) is 7.61. The van der Waals surface area contributed by atoms with Crippen molar-refractivity contribution in [1.82, 2.24) is 5.32 Å². The lowest BCUT2D eigenvalue weighted by molar-refractivity contribution is -0.385. The van der Waals surface area contributed by atoms with Gasteiger partial charge in [-0.05, 0) is 39.3 Å². The number of alkyl carbamates (subject to hydrolysis) is 1. The Balaban J connectivity index is 2.89. The van der Waals surface area contributed by atoms with Gasteiger partial charge in [-0.15, -0.1) is 6.58 Å². The number of amides is 2. The van der Waals surface area contributed by atoms with E-state index in [2.05, 4.69) is 21.9 Å². The minimum atomic E-state index is -1.17. The van der Waals surface area contributed by atoms with Crippen LogP contribution in [0, 0.1) is 10.1 Å². The van der Waals surface area contributed by atoms with E-state index < -0.39 is 52.8 Å². The topological polar surface area (TPSA) is 163 Å². The number of nitrogens with zero attached hydrogens (tertiary/aromatic N) is 1. The Morgan fingerprint density at radius 1 is 1.22 bits per heavy atom. The van der Waals surface area contributed by atoms with Gasteiger partial charge in [0.05, 0.1) is 23.3 Å². The van der Waals surface area contributed by atoms with Gasteiger partial charge in [-0.2, -0.15) is 0 Å². The summed E-state index contributed by atoms with van der Waals surface area (Å²) in [6.07, 6.45) is -0.349. The minimum Gasteiger partial charge on any atom is -0.456 e. The van der Waals surface area contributed by atoms with Gasteiger partial charge in [0, 0.05) is 6.07 Å². The first-order chi connectivity index (χ1) is 14.9. The summed E-state index contributed by atoms with van der Waals surface area (Å²) in [4.78, 5) is 58.4. The van der Waals surface area contributed by atoms with E-state index in [4.69, 9.17) is 9.47 Å². The molecule has 12 heteroatoms. The molecular weight excluding hydrogens is 426 g/mol. The predicted molar refractivity (Wildman–Crippen MR) is 112 cm³/mol. The number of nitrogens with one attached hydrogen (secondary N) is 2. The standard InChI is InChI=1S/C20H25N3O9/c1-6-7-14(22-19(27)32-20(2,3)4)17(25)31-11-16(24)13-9-8-12(21-18(26)30-5)10-15(13)23(28)29/h6,8-10,14H,1,7,11H2,2-5H3,(H,21,26)(H,22,27). The number of hydrogen-bond donors (Lipinski definition) is 2. The van der Waals surface area contributed by atoms with Crippen LogP contribution in [0.4, 0.5) is 21.0 Å². The Bertz CT molecular complexity index is 906. The van der Waals surface area contributed by atoms with Crippen LogP contribution in [0.2, 0.25) is 0 Å². The molecule has 2 amide bonds. The first-order valence-corrected chi connectivity index (χ1v) is 9.31. The maximum absolute atomic E-state index is 12.4. The highest BCUT2D eigenvalue weighted by Gasteiger charge is 2.27. The number of ether oxygens (including phenoxy) is 3. The van der Waals surface area contributed by atoms with E-state index in [1.807, 2.05) is 0 Å². The van der Waals surface area contributed by atoms with Gasteiger partial charge in [0.1, 0.15) is 11.6 Å². The zero-order valence-corrected chi connectivity index (χ0v) is 18.1. The molecule has 32 heavy (non-hydrogen) atoms. The molecule has 174 valence electrons. The number of hydrogen-bond acceptors (Lipinski definition) is 9. The van der Waals surface area contributed by atoms with Crippen LogP contribution in [0.3, 0.4) is 0 Å². The molecule has 1 aromatic carbocycles. The van der Waals surface area contributed by atoms with Crippen molar-refractivity contribution in [1.29, 1.82) is 0 Å². The predicted octanol–water partition coefficient (Wildman–Crippen LogP) is 2.97. The number of anilines is 1. The fraction of sp³-hybridized carbons (Fsp3) is 0.400. The summed E-state index contributed by atoms with van der Waals surface area (Å²) in [5.41, 5.74) is -1.70. The van der Waals surface area contributed by atoms with Gasteiger partial charge < -0.3 is 19.5 Å². The molecule has 1 aromatic rings. The Morgan fingerprint density at radius 3 is 2.41 bits per heavy atom. The van der Waals surface area contributed by atoms with Crippen molar-refractivity contribution < 1.29 is 38.3 Å². The van der Waals surface area contributed by atoms with Crippen LogP contribution >= 0.6 is 0 Å². The van der Waals surface area contributed by atoms with E-state index in [1.54, 1.807) is 20.8 Å². The second-order valence-electron chi connectivity index (χ2n) is 7.36. The molecule has 1 rings (SSSR count). The number of benzene rings is 1. The van der Waals surface area contributed by atoms with E-state index in [0.29, 0.717) is 0 Å². The van der Waals surface area contributed by atoms with Crippen molar-refractivity contribution in [2.45, 2.75) is 38.8 Å². The Hall–Kier alpha value is -3.96. The van der Waals surface area contributed by atoms with Crippen LogP contribution in [0.25, 0.3) is 0 Å². The average Bonchev–Trinajstić information content (AvgIpc) is 2.69. The number of rotatable bonds is 9. The molecule has 2 N–H and O–H groups in total. The van der Waals surface area contributed by atoms with E-state index >= 15 is 0 Å². The van der Waals surface area contributed by atoms with E-state index in [0.717, 1.165) is 19.2 Å². The third-order valence-corrected chi connectivity index (χ3v) is 3.65. The van der Waals surface area contributed by atoms with Crippen LogP contribution in [0.15, 0.2) is 30.9 Å². The summed E-state index contributed by atoms with van der Waals surface area (Å²) >= 11 is 0. The van der Waals surface area contributed by atoms with E-state index in [1.165, 1.54) is 12.1 Å². The molecule has 1 unspecified atom stereocenters. The highest BCUT2D eigenvalue weighted by Crippen LogP contribution is 2.24. The number of esters is 1. The summed E-state index contributed by atoms with van der Waals surface area (Å²) < 4.78 is 14.4. The monoisotopic (exact) mass is 451 g/mol.